The van der Waals surface area contributed by atoms with Gasteiger partial charge in [0.15, 0.2) is 0 Å². The van der Waals surface area contributed by atoms with Crippen molar-refractivity contribution in [2.45, 2.75) is 58.8 Å². The normalized spacial score (nSPS) is 10.5. The molecule has 0 aliphatic rings. The van der Waals surface area contributed by atoms with Gasteiger partial charge in [0.1, 0.15) is 11.5 Å². The van der Waals surface area contributed by atoms with Crippen LogP contribution in [0.25, 0.3) is 0 Å². The Labute approximate surface area is 123 Å². The molecule has 0 aromatic heterocycles. The molecule has 0 spiro atoms. The van der Waals surface area contributed by atoms with E-state index < -0.39 is 0 Å². The summed E-state index contributed by atoms with van der Waals surface area (Å²) in [6.45, 7) is 5.77. The minimum atomic E-state index is 0.672. The van der Waals surface area contributed by atoms with Crippen LogP contribution in [0.5, 0.6) is 11.5 Å². The van der Waals surface area contributed by atoms with Crippen molar-refractivity contribution >= 4 is 5.69 Å². The van der Waals surface area contributed by atoms with Crippen molar-refractivity contribution in [2.75, 3.05) is 18.9 Å². The number of benzene rings is 1. The van der Waals surface area contributed by atoms with Gasteiger partial charge in [0.2, 0.25) is 0 Å². The Balaban J connectivity index is 2.26. The minimum Gasteiger partial charge on any atom is -0.493 e. The zero-order valence-corrected chi connectivity index (χ0v) is 13.0. The molecule has 114 valence electrons. The highest BCUT2D eigenvalue weighted by Gasteiger charge is 2.03. The van der Waals surface area contributed by atoms with Crippen molar-refractivity contribution in [1.29, 1.82) is 0 Å². The van der Waals surface area contributed by atoms with E-state index in [4.69, 9.17) is 15.2 Å². The van der Waals surface area contributed by atoms with Gasteiger partial charge >= 0.3 is 0 Å². The summed E-state index contributed by atoms with van der Waals surface area (Å²) in [5.41, 5.74) is 6.54. The van der Waals surface area contributed by atoms with Gasteiger partial charge in [-0.3, -0.25) is 0 Å². The first-order valence-electron chi connectivity index (χ1n) is 7.93. The van der Waals surface area contributed by atoms with E-state index >= 15 is 0 Å². The quantitative estimate of drug-likeness (QED) is 0.467. The molecule has 3 heteroatoms. The Morgan fingerprint density at radius 1 is 0.850 bits per heavy atom. The SMILES string of the molecule is CCCCCCCCOc1ccc(N)c(OCCC)c1. The molecular weight excluding hydrogens is 250 g/mol. The Morgan fingerprint density at radius 3 is 2.35 bits per heavy atom. The van der Waals surface area contributed by atoms with Crippen molar-refractivity contribution in [3.8, 4) is 11.5 Å². The van der Waals surface area contributed by atoms with Crippen LogP contribution in [0.4, 0.5) is 5.69 Å². The molecule has 0 saturated carbocycles. The van der Waals surface area contributed by atoms with Crippen LogP contribution < -0.4 is 15.2 Å². The van der Waals surface area contributed by atoms with Crippen LogP contribution in [0.2, 0.25) is 0 Å². The third-order valence-corrected chi connectivity index (χ3v) is 3.21. The van der Waals surface area contributed by atoms with Gasteiger partial charge in [-0.1, -0.05) is 46.0 Å². The predicted molar refractivity (Wildman–Crippen MR) is 85.5 cm³/mol. The lowest BCUT2D eigenvalue weighted by atomic mass is 10.1. The smallest absolute Gasteiger partial charge is 0.145 e. The van der Waals surface area contributed by atoms with E-state index in [1.54, 1.807) is 0 Å². The van der Waals surface area contributed by atoms with E-state index in [1.165, 1.54) is 32.1 Å². The number of unbranched alkanes of at least 4 members (excludes halogenated alkanes) is 5. The standard InChI is InChI=1S/C17H29NO2/c1-3-5-6-7-8-9-13-19-15-10-11-16(18)17(14-15)20-12-4-2/h10-11,14H,3-9,12-13,18H2,1-2H3. The molecule has 1 aromatic rings. The second-order valence-electron chi connectivity index (χ2n) is 5.16. The molecule has 0 saturated heterocycles. The molecule has 0 fully saturated rings. The highest BCUT2D eigenvalue weighted by Crippen LogP contribution is 2.27. The zero-order valence-electron chi connectivity index (χ0n) is 13.0. The zero-order chi connectivity index (χ0) is 14.6. The van der Waals surface area contributed by atoms with Crippen LogP contribution in [0.15, 0.2) is 18.2 Å². The topological polar surface area (TPSA) is 44.5 Å². The molecule has 0 radical (unpaired) electrons. The van der Waals surface area contributed by atoms with Gasteiger partial charge in [0.25, 0.3) is 0 Å². The van der Waals surface area contributed by atoms with Crippen molar-refractivity contribution in [3.63, 3.8) is 0 Å². The number of ether oxygens (including phenoxy) is 2. The van der Waals surface area contributed by atoms with Gasteiger partial charge < -0.3 is 15.2 Å². The van der Waals surface area contributed by atoms with E-state index in [0.717, 1.165) is 30.9 Å². The van der Waals surface area contributed by atoms with Crippen molar-refractivity contribution < 1.29 is 9.47 Å². The molecule has 20 heavy (non-hydrogen) atoms. The number of nitrogens with two attached hydrogens (primary N) is 1. The molecule has 2 N–H and O–H groups in total. The molecule has 1 aromatic carbocycles. The summed E-state index contributed by atoms with van der Waals surface area (Å²) in [7, 11) is 0. The van der Waals surface area contributed by atoms with E-state index in [9.17, 15) is 0 Å². The Hall–Kier alpha value is -1.38. The van der Waals surface area contributed by atoms with Crippen molar-refractivity contribution in [3.05, 3.63) is 18.2 Å². The fraction of sp³-hybridized carbons (Fsp3) is 0.647. The maximum Gasteiger partial charge on any atom is 0.145 e. The Kier molecular flexibility index (Phi) is 8.68. The van der Waals surface area contributed by atoms with Crippen LogP contribution in [-0.4, -0.2) is 13.2 Å². The molecule has 0 unspecified atom stereocenters. The van der Waals surface area contributed by atoms with E-state index in [2.05, 4.69) is 13.8 Å². The molecule has 0 aliphatic heterocycles. The summed E-state index contributed by atoms with van der Waals surface area (Å²) in [6.07, 6.45) is 8.62. The lowest BCUT2D eigenvalue weighted by Crippen LogP contribution is -2.01. The van der Waals surface area contributed by atoms with E-state index in [-0.39, 0.29) is 0 Å². The molecule has 0 heterocycles. The highest BCUT2D eigenvalue weighted by atomic mass is 16.5. The lowest BCUT2D eigenvalue weighted by molar-refractivity contribution is 0.295. The largest absolute Gasteiger partial charge is 0.493 e. The second-order valence-corrected chi connectivity index (χ2v) is 5.16. The van der Waals surface area contributed by atoms with Gasteiger partial charge in [-0.2, -0.15) is 0 Å². The average molecular weight is 279 g/mol. The van der Waals surface area contributed by atoms with Gasteiger partial charge in [-0.25, -0.2) is 0 Å². The summed E-state index contributed by atoms with van der Waals surface area (Å²) in [5.74, 6) is 1.58. The van der Waals surface area contributed by atoms with Crippen LogP contribution in [0.1, 0.15) is 58.8 Å². The van der Waals surface area contributed by atoms with Crippen LogP contribution >= 0.6 is 0 Å². The summed E-state index contributed by atoms with van der Waals surface area (Å²) < 4.78 is 11.3. The van der Waals surface area contributed by atoms with Gasteiger partial charge in [-0.15, -0.1) is 0 Å². The lowest BCUT2D eigenvalue weighted by Gasteiger charge is -2.11. The summed E-state index contributed by atoms with van der Waals surface area (Å²) in [6, 6.07) is 5.65. The number of rotatable bonds is 11. The fourth-order valence-corrected chi connectivity index (χ4v) is 2.01. The van der Waals surface area contributed by atoms with Gasteiger partial charge in [-0.05, 0) is 25.0 Å². The number of anilines is 1. The first-order chi connectivity index (χ1) is 9.77. The molecule has 0 amide bonds. The third kappa shape index (κ3) is 6.69. The van der Waals surface area contributed by atoms with Crippen molar-refractivity contribution in [2.24, 2.45) is 0 Å². The highest BCUT2D eigenvalue weighted by molar-refractivity contribution is 5.55. The van der Waals surface area contributed by atoms with Gasteiger partial charge in [0, 0.05) is 6.07 Å². The third-order valence-electron chi connectivity index (χ3n) is 3.21. The number of hydrogen-bond donors (Lipinski definition) is 1. The number of nitrogen functional groups attached to an aromatic ring is 1. The van der Waals surface area contributed by atoms with Crippen molar-refractivity contribution in [1.82, 2.24) is 0 Å². The first kappa shape index (κ1) is 16.7. The fourth-order valence-electron chi connectivity index (χ4n) is 2.01. The number of hydrogen-bond acceptors (Lipinski definition) is 3. The molecular formula is C17H29NO2. The summed E-state index contributed by atoms with van der Waals surface area (Å²) in [5, 5.41) is 0. The molecule has 3 nitrogen and oxygen atoms in total. The molecule has 1 rings (SSSR count). The Morgan fingerprint density at radius 2 is 1.60 bits per heavy atom. The Bertz CT molecular complexity index is 366. The first-order valence-corrected chi connectivity index (χ1v) is 7.93. The maximum atomic E-state index is 5.87. The van der Waals surface area contributed by atoms with Crippen LogP contribution in [-0.2, 0) is 0 Å². The van der Waals surface area contributed by atoms with Crippen LogP contribution in [0.3, 0.4) is 0 Å². The summed E-state index contributed by atoms with van der Waals surface area (Å²) >= 11 is 0. The van der Waals surface area contributed by atoms with E-state index in [0.29, 0.717) is 12.3 Å². The minimum absolute atomic E-state index is 0.672. The van der Waals surface area contributed by atoms with Gasteiger partial charge in [0.05, 0.1) is 18.9 Å². The molecule has 0 atom stereocenters. The maximum absolute atomic E-state index is 5.87. The monoisotopic (exact) mass is 279 g/mol. The van der Waals surface area contributed by atoms with E-state index in [1.807, 2.05) is 18.2 Å². The summed E-state index contributed by atoms with van der Waals surface area (Å²) in [4.78, 5) is 0. The predicted octanol–water partition coefficient (Wildman–Crippen LogP) is 4.80. The second kappa shape index (κ2) is 10.4. The molecule has 0 bridgehead atoms. The average Bonchev–Trinajstić information content (AvgIpc) is 2.46. The molecule has 0 aliphatic carbocycles. The van der Waals surface area contributed by atoms with Crippen LogP contribution in [0, 0.1) is 0 Å².